The summed E-state index contributed by atoms with van der Waals surface area (Å²) in [7, 11) is 0. The number of nitro groups is 1. The van der Waals surface area contributed by atoms with Gasteiger partial charge in [0.05, 0.1) is 4.92 Å². The minimum absolute atomic E-state index is 0.0315. The highest BCUT2D eigenvalue weighted by atomic mass is 16.6. The Bertz CT molecular complexity index is 648. The van der Waals surface area contributed by atoms with Crippen molar-refractivity contribution in [3.05, 3.63) is 51.3 Å². The van der Waals surface area contributed by atoms with Crippen LogP contribution in [-0.2, 0) is 0 Å². The first-order chi connectivity index (χ1) is 8.97. The number of nitrogens with one attached hydrogen (secondary N) is 2. The fourth-order valence-corrected chi connectivity index (χ4v) is 1.61. The molecule has 0 aliphatic heterocycles. The fourth-order valence-electron chi connectivity index (χ4n) is 1.61. The number of carbonyl (C=O) groups is 1. The molecule has 0 bridgehead atoms. The molecule has 0 aliphatic carbocycles. The number of hydrogen-bond donors (Lipinski definition) is 2. The van der Waals surface area contributed by atoms with E-state index in [1.54, 1.807) is 32.0 Å². The van der Waals surface area contributed by atoms with Gasteiger partial charge in [0.1, 0.15) is 0 Å². The number of aromatic nitrogens is 2. The summed E-state index contributed by atoms with van der Waals surface area (Å²) >= 11 is 0. The van der Waals surface area contributed by atoms with Crippen molar-refractivity contribution < 1.29 is 9.72 Å². The Morgan fingerprint density at radius 1 is 1.37 bits per heavy atom. The summed E-state index contributed by atoms with van der Waals surface area (Å²) in [5, 5.41) is 19.8. The maximum Gasteiger partial charge on any atom is 0.276 e. The van der Waals surface area contributed by atoms with Crippen molar-refractivity contribution in [2.75, 3.05) is 5.32 Å². The number of anilines is 1. The molecule has 0 fully saturated rings. The van der Waals surface area contributed by atoms with Gasteiger partial charge in [-0.3, -0.25) is 20.0 Å². The number of rotatable bonds is 3. The van der Waals surface area contributed by atoms with Crippen LogP contribution in [0, 0.1) is 24.0 Å². The van der Waals surface area contributed by atoms with E-state index >= 15 is 0 Å². The number of amides is 1. The standard InChI is InChI=1S/C12H12N4O3/c1-7-3-4-9(6-11(7)16(18)19)13-12(17)10-5-8(2)14-15-10/h3-6H,1-2H3,(H,13,17)(H,14,15). The molecule has 0 radical (unpaired) electrons. The van der Waals surface area contributed by atoms with Crippen LogP contribution in [0.2, 0.25) is 0 Å². The lowest BCUT2D eigenvalue weighted by molar-refractivity contribution is -0.385. The number of nitrogens with zero attached hydrogens (tertiary/aromatic N) is 2. The SMILES string of the molecule is Cc1cc(C(=O)Nc2ccc(C)c([N+](=O)[O-])c2)n[nH]1. The van der Waals surface area contributed by atoms with E-state index in [1.807, 2.05) is 0 Å². The topological polar surface area (TPSA) is 101 Å². The number of aromatic amines is 1. The van der Waals surface area contributed by atoms with Gasteiger partial charge in [0.25, 0.3) is 11.6 Å². The lowest BCUT2D eigenvalue weighted by Crippen LogP contribution is -2.12. The van der Waals surface area contributed by atoms with E-state index in [2.05, 4.69) is 15.5 Å². The average molecular weight is 260 g/mol. The van der Waals surface area contributed by atoms with Crippen molar-refractivity contribution in [3.8, 4) is 0 Å². The van der Waals surface area contributed by atoms with Crippen LogP contribution in [0.5, 0.6) is 0 Å². The predicted octanol–water partition coefficient (Wildman–Crippen LogP) is 2.19. The van der Waals surface area contributed by atoms with E-state index in [1.165, 1.54) is 6.07 Å². The molecular weight excluding hydrogens is 248 g/mol. The van der Waals surface area contributed by atoms with Crippen LogP contribution in [-0.4, -0.2) is 21.0 Å². The molecule has 7 heteroatoms. The molecule has 2 aromatic rings. The van der Waals surface area contributed by atoms with Gasteiger partial charge in [0.2, 0.25) is 0 Å². The molecule has 2 rings (SSSR count). The van der Waals surface area contributed by atoms with Gasteiger partial charge in [-0.2, -0.15) is 5.10 Å². The summed E-state index contributed by atoms with van der Waals surface area (Å²) in [6, 6.07) is 6.12. The van der Waals surface area contributed by atoms with Crippen LogP contribution < -0.4 is 5.32 Å². The van der Waals surface area contributed by atoms with Gasteiger partial charge in [-0.25, -0.2) is 0 Å². The van der Waals surface area contributed by atoms with E-state index in [0.717, 1.165) is 5.69 Å². The molecule has 2 N–H and O–H groups in total. The summed E-state index contributed by atoms with van der Waals surface area (Å²) in [5.74, 6) is -0.414. The molecule has 0 aliphatic rings. The van der Waals surface area contributed by atoms with Crippen molar-refractivity contribution in [1.29, 1.82) is 0 Å². The number of carbonyl (C=O) groups excluding carboxylic acids is 1. The number of aryl methyl sites for hydroxylation is 2. The Hall–Kier alpha value is -2.70. The van der Waals surface area contributed by atoms with Crippen LogP contribution >= 0.6 is 0 Å². The molecule has 0 saturated carbocycles. The van der Waals surface area contributed by atoms with E-state index in [4.69, 9.17) is 0 Å². The molecular formula is C12H12N4O3. The normalized spacial score (nSPS) is 10.2. The number of hydrogen-bond acceptors (Lipinski definition) is 4. The van der Waals surface area contributed by atoms with Gasteiger partial charge in [-0.05, 0) is 26.0 Å². The van der Waals surface area contributed by atoms with Gasteiger partial charge in [-0.1, -0.05) is 6.07 Å². The Morgan fingerprint density at radius 3 is 2.68 bits per heavy atom. The van der Waals surface area contributed by atoms with Crippen molar-refractivity contribution in [2.45, 2.75) is 13.8 Å². The first-order valence-corrected chi connectivity index (χ1v) is 5.56. The summed E-state index contributed by atoms with van der Waals surface area (Å²) in [6.45, 7) is 3.42. The first kappa shape index (κ1) is 12.7. The molecule has 98 valence electrons. The third kappa shape index (κ3) is 2.76. The van der Waals surface area contributed by atoms with Gasteiger partial charge >= 0.3 is 0 Å². The summed E-state index contributed by atoms with van der Waals surface area (Å²) < 4.78 is 0. The summed E-state index contributed by atoms with van der Waals surface area (Å²) in [5.41, 5.74) is 1.87. The molecule has 0 unspecified atom stereocenters. The Kier molecular flexibility index (Phi) is 3.28. The molecule has 7 nitrogen and oxygen atoms in total. The van der Waals surface area contributed by atoms with Crippen LogP contribution in [0.4, 0.5) is 11.4 Å². The van der Waals surface area contributed by atoms with Crippen LogP contribution in [0.1, 0.15) is 21.7 Å². The molecule has 1 amide bonds. The lowest BCUT2D eigenvalue weighted by atomic mass is 10.2. The second-order valence-corrected chi connectivity index (χ2v) is 4.15. The van der Waals surface area contributed by atoms with Gasteiger partial charge in [0, 0.05) is 23.0 Å². The van der Waals surface area contributed by atoms with Crippen LogP contribution in [0.25, 0.3) is 0 Å². The van der Waals surface area contributed by atoms with E-state index in [0.29, 0.717) is 11.3 Å². The number of H-pyrrole nitrogens is 1. The van der Waals surface area contributed by atoms with Gasteiger partial charge < -0.3 is 5.32 Å². The zero-order valence-electron chi connectivity index (χ0n) is 10.4. The zero-order valence-corrected chi connectivity index (χ0v) is 10.4. The van der Waals surface area contributed by atoms with Crippen molar-refractivity contribution in [3.63, 3.8) is 0 Å². The minimum Gasteiger partial charge on any atom is -0.320 e. The third-order valence-corrected chi connectivity index (χ3v) is 2.60. The highest BCUT2D eigenvalue weighted by molar-refractivity contribution is 6.03. The van der Waals surface area contributed by atoms with Crippen LogP contribution in [0.15, 0.2) is 24.3 Å². The molecule has 1 aromatic heterocycles. The molecule has 0 saturated heterocycles. The van der Waals surface area contributed by atoms with Crippen molar-refractivity contribution in [1.82, 2.24) is 10.2 Å². The first-order valence-electron chi connectivity index (χ1n) is 5.56. The van der Waals surface area contributed by atoms with E-state index in [-0.39, 0.29) is 11.4 Å². The van der Waals surface area contributed by atoms with Crippen molar-refractivity contribution in [2.24, 2.45) is 0 Å². The molecule has 1 aromatic carbocycles. The zero-order chi connectivity index (χ0) is 14.0. The second kappa shape index (κ2) is 4.89. The smallest absolute Gasteiger partial charge is 0.276 e. The Morgan fingerprint density at radius 2 is 2.11 bits per heavy atom. The Labute approximate surface area is 108 Å². The Balaban J connectivity index is 2.22. The largest absolute Gasteiger partial charge is 0.320 e. The average Bonchev–Trinajstić information content (AvgIpc) is 2.78. The predicted molar refractivity (Wildman–Crippen MR) is 69.1 cm³/mol. The van der Waals surface area contributed by atoms with E-state index in [9.17, 15) is 14.9 Å². The molecule has 0 atom stereocenters. The van der Waals surface area contributed by atoms with E-state index < -0.39 is 10.8 Å². The molecule has 0 spiro atoms. The maximum absolute atomic E-state index is 11.8. The molecule has 1 heterocycles. The highest BCUT2D eigenvalue weighted by Gasteiger charge is 2.14. The van der Waals surface area contributed by atoms with Crippen LogP contribution in [0.3, 0.4) is 0 Å². The quantitative estimate of drug-likeness (QED) is 0.652. The maximum atomic E-state index is 11.8. The van der Waals surface area contributed by atoms with Crippen molar-refractivity contribution >= 4 is 17.3 Å². The number of benzene rings is 1. The summed E-state index contributed by atoms with van der Waals surface area (Å²) in [6.07, 6.45) is 0. The molecule has 19 heavy (non-hydrogen) atoms. The monoisotopic (exact) mass is 260 g/mol. The fraction of sp³-hybridized carbons (Fsp3) is 0.167. The lowest BCUT2D eigenvalue weighted by Gasteiger charge is -2.04. The van der Waals surface area contributed by atoms with Gasteiger partial charge in [-0.15, -0.1) is 0 Å². The van der Waals surface area contributed by atoms with Gasteiger partial charge in [0.15, 0.2) is 5.69 Å². The summed E-state index contributed by atoms with van der Waals surface area (Å²) in [4.78, 5) is 22.2. The minimum atomic E-state index is -0.482. The highest BCUT2D eigenvalue weighted by Crippen LogP contribution is 2.22. The second-order valence-electron chi connectivity index (χ2n) is 4.15. The third-order valence-electron chi connectivity index (χ3n) is 2.60. The number of nitro benzene ring substituents is 1.